The number of aryl methyl sites for hydroxylation is 2. The molecule has 0 atom stereocenters. The quantitative estimate of drug-likeness (QED) is 0.436. The van der Waals surface area contributed by atoms with Crippen LogP contribution in [0.1, 0.15) is 19.5 Å². The van der Waals surface area contributed by atoms with Crippen molar-refractivity contribution in [2.24, 2.45) is 7.05 Å². The largest absolute Gasteiger partial charge is 0.275 e. The van der Waals surface area contributed by atoms with Gasteiger partial charge < -0.3 is 0 Å². The Bertz CT molecular complexity index is 1060. The second-order valence-corrected chi connectivity index (χ2v) is 9.46. The molecule has 4 rings (SSSR count). The molecular formula is C20H21N5S2. The molecule has 0 spiro atoms. The van der Waals surface area contributed by atoms with Crippen molar-refractivity contribution in [1.82, 2.24) is 24.5 Å². The lowest BCUT2D eigenvalue weighted by Gasteiger charge is -2.04. The zero-order chi connectivity index (χ0) is 19.0. The van der Waals surface area contributed by atoms with Gasteiger partial charge in [0.25, 0.3) is 0 Å². The van der Waals surface area contributed by atoms with Gasteiger partial charge in [0, 0.05) is 41.4 Å². The Morgan fingerprint density at radius 3 is 2.52 bits per heavy atom. The lowest BCUT2D eigenvalue weighted by molar-refractivity contribution is 0.768. The Hall–Kier alpha value is -2.38. The van der Waals surface area contributed by atoms with Crippen molar-refractivity contribution in [2.75, 3.05) is 0 Å². The van der Waals surface area contributed by atoms with E-state index in [1.807, 2.05) is 55.1 Å². The minimum atomic E-state index is 0.492. The predicted octanol–water partition coefficient (Wildman–Crippen LogP) is 5.21. The van der Waals surface area contributed by atoms with Gasteiger partial charge >= 0.3 is 0 Å². The fourth-order valence-corrected chi connectivity index (χ4v) is 5.31. The van der Waals surface area contributed by atoms with Gasteiger partial charge in [-0.3, -0.25) is 4.68 Å². The maximum Gasteiger partial charge on any atom is 0.211 e. The summed E-state index contributed by atoms with van der Waals surface area (Å²) in [6.07, 6.45) is 5.92. The molecule has 0 saturated carbocycles. The molecule has 3 aromatic heterocycles. The van der Waals surface area contributed by atoms with Gasteiger partial charge in [0.15, 0.2) is 0 Å². The maximum atomic E-state index is 4.93. The van der Waals surface area contributed by atoms with Gasteiger partial charge in [0.1, 0.15) is 0 Å². The van der Waals surface area contributed by atoms with Crippen LogP contribution in [0.4, 0.5) is 0 Å². The average Bonchev–Trinajstić information content (AvgIpc) is 3.34. The van der Waals surface area contributed by atoms with Gasteiger partial charge in [-0.2, -0.15) is 10.2 Å². The van der Waals surface area contributed by atoms with E-state index in [0.717, 1.165) is 33.2 Å². The Morgan fingerprint density at radius 1 is 1.07 bits per heavy atom. The van der Waals surface area contributed by atoms with Crippen LogP contribution in [-0.4, -0.2) is 29.8 Å². The molecule has 0 fully saturated rings. The fraction of sp³-hybridized carbons (Fsp3) is 0.250. The zero-order valence-corrected chi connectivity index (χ0v) is 17.4. The number of hydrogen-bond acceptors (Lipinski definition) is 5. The first-order valence-electron chi connectivity index (χ1n) is 8.80. The van der Waals surface area contributed by atoms with Gasteiger partial charge in [0.2, 0.25) is 5.13 Å². The highest BCUT2D eigenvalue weighted by Gasteiger charge is 2.18. The van der Waals surface area contributed by atoms with Crippen LogP contribution < -0.4 is 0 Å². The Morgan fingerprint density at radius 2 is 1.85 bits per heavy atom. The van der Waals surface area contributed by atoms with Crippen LogP contribution in [0.15, 0.2) is 53.1 Å². The van der Waals surface area contributed by atoms with E-state index in [9.17, 15) is 0 Å². The van der Waals surface area contributed by atoms with E-state index < -0.39 is 0 Å². The minimum absolute atomic E-state index is 0.492. The molecule has 1 aromatic carbocycles. The van der Waals surface area contributed by atoms with E-state index in [-0.39, 0.29) is 0 Å². The third kappa shape index (κ3) is 3.70. The number of benzene rings is 1. The molecule has 0 amide bonds. The van der Waals surface area contributed by atoms with Crippen molar-refractivity contribution in [3.63, 3.8) is 0 Å². The average molecular weight is 396 g/mol. The summed E-state index contributed by atoms with van der Waals surface area (Å²) >= 11 is 3.54. The number of thiazole rings is 1. The summed E-state index contributed by atoms with van der Waals surface area (Å²) in [5.41, 5.74) is 5.29. The topological polar surface area (TPSA) is 48.5 Å². The smallest absolute Gasteiger partial charge is 0.211 e. The lowest BCUT2D eigenvalue weighted by Crippen LogP contribution is -1.93. The number of thioether (sulfide) groups is 1. The highest BCUT2D eigenvalue weighted by Crippen LogP contribution is 2.39. The molecule has 0 unspecified atom stereocenters. The molecule has 0 saturated heterocycles. The van der Waals surface area contributed by atoms with E-state index >= 15 is 0 Å². The third-order valence-corrected chi connectivity index (χ3v) is 6.34. The fourth-order valence-electron chi connectivity index (χ4n) is 2.87. The van der Waals surface area contributed by atoms with Crippen molar-refractivity contribution in [2.45, 2.75) is 30.2 Å². The lowest BCUT2D eigenvalue weighted by atomic mass is 10.1. The van der Waals surface area contributed by atoms with E-state index in [0.29, 0.717) is 5.25 Å². The van der Waals surface area contributed by atoms with Gasteiger partial charge in [-0.1, -0.05) is 55.5 Å². The maximum absolute atomic E-state index is 4.93. The summed E-state index contributed by atoms with van der Waals surface area (Å²) in [6, 6.07) is 10.4. The Kier molecular flexibility index (Phi) is 4.88. The number of nitrogens with zero attached hydrogens (tertiary/aromatic N) is 5. The molecule has 0 radical (unpaired) electrons. The normalized spacial score (nSPS) is 11.4. The van der Waals surface area contributed by atoms with Gasteiger partial charge in [-0.25, -0.2) is 9.67 Å². The summed E-state index contributed by atoms with van der Waals surface area (Å²) in [6.45, 7) is 6.43. The summed E-state index contributed by atoms with van der Waals surface area (Å²) in [7, 11) is 1.92. The van der Waals surface area contributed by atoms with Gasteiger partial charge in [0.05, 0.1) is 21.8 Å². The van der Waals surface area contributed by atoms with Gasteiger partial charge in [-0.15, -0.1) is 11.8 Å². The molecule has 4 aromatic rings. The summed E-state index contributed by atoms with van der Waals surface area (Å²) in [5, 5.41) is 10.4. The van der Waals surface area contributed by atoms with Gasteiger partial charge in [-0.05, 0) is 6.92 Å². The minimum Gasteiger partial charge on any atom is -0.275 e. The van der Waals surface area contributed by atoms with Crippen LogP contribution in [0, 0.1) is 6.92 Å². The molecule has 0 bridgehead atoms. The van der Waals surface area contributed by atoms with Crippen LogP contribution in [0.25, 0.3) is 27.5 Å². The molecule has 0 aliphatic heterocycles. The number of hydrogen-bond donors (Lipinski definition) is 0. The standard InChI is InChI=1S/C20H21N5S2/c1-13(2)26-19-18(15-8-6-5-7-9-15)22-20(27-19)25-12-17(14(3)23-25)16-10-21-24(4)11-16/h5-13H,1-4H3. The molecule has 0 aliphatic rings. The molecule has 3 heterocycles. The van der Waals surface area contributed by atoms with Crippen LogP contribution in [-0.2, 0) is 7.05 Å². The van der Waals surface area contributed by atoms with Crippen molar-refractivity contribution in [3.05, 3.63) is 54.6 Å². The van der Waals surface area contributed by atoms with Crippen molar-refractivity contribution in [3.8, 4) is 27.5 Å². The van der Waals surface area contributed by atoms with Crippen LogP contribution >= 0.6 is 23.1 Å². The first-order chi connectivity index (χ1) is 13.0. The number of rotatable bonds is 5. The molecule has 5 nitrogen and oxygen atoms in total. The highest BCUT2D eigenvalue weighted by atomic mass is 32.2. The molecule has 7 heteroatoms. The monoisotopic (exact) mass is 395 g/mol. The third-order valence-electron chi connectivity index (χ3n) is 4.09. The van der Waals surface area contributed by atoms with E-state index in [1.54, 1.807) is 16.0 Å². The second-order valence-electron chi connectivity index (χ2n) is 6.64. The SMILES string of the molecule is Cc1nn(-c2nc(-c3ccccc3)c(SC(C)C)s2)cc1-c1cnn(C)c1. The predicted molar refractivity (Wildman–Crippen MR) is 113 cm³/mol. The van der Waals surface area contributed by atoms with Crippen molar-refractivity contribution in [1.29, 1.82) is 0 Å². The Labute approximate surface area is 167 Å². The molecule has 27 heavy (non-hydrogen) atoms. The zero-order valence-electron chi connectivity index (χ0n) is 15.7. The van der Waals surface area contributed by atoms with E-state index in [1.165, 1.54) is 4.21 Å². The molecular weight excluding hydrogens is 374 g/mol. The van der Waals surface area contributed by atoms with Crippen molar-refractivity contribution < 1.29 is 0 Å². The highest BCUT2D eigenvalue weighted by molar-refractivity contribution is 8.01. The molecule has 0 aliphatic carbocycles. The van der Waals surface area contributed by atoms with Crippen LogP contribution in [0.3, 0.4) is 0 Å². The Balaban J connectivity index is 1.77. The first kappa shape index (κ1) is 18.0. The van der Waals surface area contributed by atoms with E-state index in [2.05, 4.69) is 43.2 Å². The molecule has 0 N–H and O–H groups in total. The van der Waals surface area contributed by atoms with Crippen molar-refractivity contribution >= 4 is 23.1 Å². The summed E-state index contributed by atoms with van der Waals surface area (Å²) in [5.74, 6) is 0. The summed E-state index contributed by atoms with van der Waals surface area (Å²) < 4.78 is 4.92. The summed E-state index contributed by atoms with van der Waals surface area (Å²) in [4.78, 5) is 4.93. The van der Waals surface area contributed by atoms with Crippen LogP contribution in [0.5, 0.6) is 0 Å². The number of aromatic nitrogens is 5. The van der Waals surface area contributed by atoms with E-state index in [4.69, 9.17) is 10.1 Å². The first-order valence-corrected chi connectivity index (χ1v) is 10.5. The second kappa shape index (κ2) is 7.32. The van der Waals surface area contributed by atoms with Crippen LogP contribution in [0.2, 0.25) is 0 Å². The molecule has 138 valence electrons.